The zero-order chi connectivity index (χ0) is 10.3. The second-order valence-electron chi connectivity index (χ2n) is 3.41. The van der Waals surface area contributed by atoms with E-state index in [0.29, 0.717) is 5.82 Å². The standard InChI is InChI=1S/C9H13N5/c1-5-4-11-12-7(5)8-6(2)9(10)14(3)13-8/h4H,10H2,1-3H3,(H,11,12). The van der Waals surface area contributed by atoms with Crippen LogP contribution >= 0.6 is 0 Å². The van der Waals surface area contributed by atoms with Gasteiger partial charge in [0.1, 0.15) is 11.5 Å². The van der Waals surface area contributed by atoms with Gasteiger partial charge in [0.05, 0.1) is 11.9 Å². The predicted molar refractivity (Wildman–Crippen MR) is 54.7 cm³/mol. The molecule has 2 rings (SSSR count). The Hall–Kier alpha value is -1.78. The molecule has 3 N–H and O–H groups in total. The number of nitrogens with one attached hydrogen (secondary N) is 1. The summed E-state index contributed by atoms with van der Waals surface area (Å²) < 4.78 is 1.67. The second kappa shape index (κ2) is 2.87. The molecule has 0 radical (unpaired) electrons. The highest BCUT2D eigenvalue weighted by atomic mass is 15.3. The van der Waals surface area contributed by atoms with Crippen molar-refractivity contribution in [3.05, 3.63) is 17.3 Å². The topological polar surface area (TPSA) is 72.5 Å². The van der Waals surface area contributed by atoms with Crippen LogP contribution in [0.1, 0.15) is 11.1 Å². The van der Waals surface area contributed by atoms with Gasteiger partial charge in [-0.2, -0.15) is 10.2 Å². The third-order valence-electron chi connectivity index (χ3n) is 2.40. The highest BCUT2D eigenvalue weighted by molar-refractivity contribution is 5.66. The molecule has 0 unspecified atom stereocenters. The van der Waals surface area contributed by atoms with Gasteiger partial charge >= 0.3 is 0 Å². The highest BCUT2D eigenvalue weighted by Gasteiger charge is 2.14. The first kappa shape index (κ1) is 8.80. The fraction of sp³-hybridized carbons (Fsp3) is 0.333. The number of hydrogen-bond acceptors (Lipinski definition) is 3. The third kappa shape index (κ3) is 1.09. The summed E-state index contributed by atoms with van der Waals surface area (Å²) >= 11 is 0. The van der Waals surface area contributed by atoms with Crippen LogP contribution in [0.5, 0.6) is 0 Å². The van der Waals surface area contributed by atoms with Gasteiger partial charge in [0.15, 0.2) is 0 Å². The molecule has 0 fully saturated rings. The molecule has 0 aliphatic heterocycles. The molecule has 2 aromatic heterocycles. The molecule has 0 saturated carbocycles. The van der Waals surface area contributed by atoms with Crippen molar-refractivity contribution >= 4 is 5.82 Å². The monoisotopic (exact) mass is 191 g/mol. The lowest BCUT2D eigenvalue weighted by molar-refractivity contribution is 0.780. The van der Waals surface area contributed by atoms with Crippen LogP contribution in [-0.2, 0) is 7.05 Å². The lowest BCUT2D eigenvalue weighted by Crippen LogP contribution is -1.97. The van der Waals surface area contributed by atoms with Crippen LogP contribution in [0.25, 0.3) is 11.4 Å². The first-order valence-electron chi connectivity index (χ1n) is 4.40. The lowest BCUT2D eigenvalue weighted by atomic mass is 10.1. The highest BCUT2D eigenvalue weighted by Crippen LogP contribution is 2.25. The number of aromatic nitrogens is 4. The largest absolute Gasteiger partial charge is 0.384 e. The van der Waals surface area contributed by atoms with E-state index in [-0.39, 0.29) is 0 Å². The van der Waals surface area contributed by atoms with E-state index in [1.807, 2.05) is 20.9 Å². The van der Waals surface area contributed by atoms with Crippen LogP contribution < -0.4 is 5.73 Å². The zero-order valence-electron chi connectivity index (χ0n) is 8.50. The van der Waals surface area contributed by atoms with E-state index >= 15 is 0 Å². The van der Waals surface area contributed by atoms with Crippen molar-refractivity contribution in [1.29, 1.82) is 0 Å². The Morgan fingerprint density at radius 2 is 2.14 bits per heavy atom. The Bertz CT molecular complexity index is 466. The number of nitrogen functional groups attached to an aromatic ring is 1. The van der Waals surface area contributed by atoms with Crippen LogP contribution in [0.3, 0.4) is 0 Å². The minimum absolute atomic E-state index is 0.689. The molecule has 5 nitrogen and oxygen atoms in total. The lowest BCUT2D eigenvalue weighted by Gasteiger charge is -1.94. The minimum Gasteiger partial charge on any atom is -0.384 e. The predicted octanol–water partition coefficient (Wildman–Crippen LogP) is 1.01. The summed E-state index contributed by atoms with van der Waals surface area (Å²) in [7, 11) is 1.83. The number of nitrogens with zero attached hydrogens (tertiary/aromatic N) is 3. The maximum absolute atomic E-state index is 5.83. The SMILES string of the molecule is Cc1cn[nH]c1-c1nn(C)c(N)c1C. The maximum atomic E-state index is 5.83. The molecule has 14 heavy (non-hydrogen) atoms. The van der Waals surface area contributed by atoms with Gasteiger partial charge in [-0.25, -0.2) is 0 Å². The molecule has 5 heteroatoms. The summed E-state index contributed by atoms with van der Waals surface area (Å²) in [5, 5.41) is 11.2. The molecule has 2 aromatic rings. The summed E-state index contributed by atoms with van der Waals surface area (Å²) in [6.45, 7) is 3.95. The van der Waals surface area contributed by atoms with Crippen molar-refractivity contribution in [3.8, 4) is 11.4 Å². The molecule has 0 aliphatic carbocycles. The molecule has 2 heterocycles. The van der Waals surface area contributed by atoms with Gasteiger partial charge in [0.2, 0.25) is 0 Å². The third-order valence-corrected chi connectivity index (χ3v) is 2.40. The Kier molecular flexibility index (Phi) is 1.80. The average Bonchev–Trinajstić information content (AvgIpc) is 2.66. The van der Waals surface area contributed by atoms with Crippen LogP contribution in [0.15, 0.2) is 6.20 Å². The van der Waals surface area contributed by atoms with Gasteiger partial charge in [-0.1, -0.05) is 0 Å². The van der Waals surface area contributed by atoms with Gasteiger partial charge in [-0.15, -0.1) is 0 Å². The first-order chi connectivity index (χ1) is 6.61. The average molecular weight is 191 g/mol. The molecular weight excluding hydrogens is 178 g/mol. The minimum atomic E-state index is 0.689. The van der Waals surface area contributed by atoms with E-state index in [1.54, 1.807) is 10.9 Å². The number of H-pyrrole nitrogens is 1. The summed E-state index contributed by atoms with van der Waals surface area (Å²) in [4.78, 5) is 0. The number of hydrogen-bond donors (Lipinski definition) is 2. The van der Waals surface area contributed by atoms with E-state index < -0.39 is 0 Å². The molecule has 0 aromatic carbocycles. The fourth-order valence-electron chi connectivity index (χ4n) is 1.47. The molecule has 0 amide bonds. The van der Waals surface area contributed by atoms with Gasteiger partial charge in [0.25, 0.3) is 0 Å². The fourth-order valence-corrected chi connectivity index (χ4v) is 1.47. The van der Waals surface area contributed by atoms with Gasteiger partial charge in [-0.3, -0.25) is 9.78 Å². The maximum Gasteiger partial charge on any atom is 0.124 e. The molecule has 0 aliphatic rings. The summed E-state index contributed by atoms with van der Waals surface area (Å²) in [5.74, 6) is 0.689. The number of rotatable bonds is 1. The molecule has 0 bridgehead atoms. The quantitative estimate of drug-likeness (QED) is 0.706. The zero-order valence-corrected chi connectivity index (χ0v) is 8.50. The van der Waals surface area contributed by atoms with Crippen molar-refractivity contribution in [2.75, 3.05) is 5.73 Å². The number of anilines is 1. The normalized spacial score (nSPS) is 10.8. The Balaban J connectivity index is 2.63. The van der Waals surface area contributed by atoms with E-state index in [1.165, 1.54) is 0 Å². The van der Waals surface area contributed by atoms with Crippen molar-refractivity contribution in [1.82, 2.24) is 20.0 Å². The van der Waals surface area contributed by atoms with Crippen LogP contribution in [0, 0.1) is 13.8 Å². The second-order valence-corrected chi connectivity index (χ2v) is 3.41. The number of aryl methyl sites for hydroxylation is 2. The molecule has 0 atom stereocenters. The molecular formula is C9H13N5. The van der Waals surface area contributed by atoms with E-state index in [4.69, 9.17) is 5.73 Å². The molecule has 74 valence electrons. The van der Waals surface area contributed by atoms with Crippen molar-refractivity contribution in [2.24, 2.45) is 7.05 Å². The first-order valence-corrected chi connectivity index (χ1v) is 4.40. The number of aromatic amines is 1. The van der Waals surface area contributed by atoms with Crippen LogP contribution in [0.2, 0.25) is 0 Å². The van der Waals surface area contributed by atoms with E-state index in [9.17, 15) is 0 Å². The Morgan fingerprint density at radius 1 is 1.43 bits per heavy atom. The van der Waals surface area contributed by atoms with Gasteiger partial charge in [0, 0.05) is 12.6 Å². The van der Waals surface area contributed by atoms with Gasteiger partial charge < -0.3 is 5.73 Å². The summed E-state index contributed by atoms with van der Waals surface area (Å²) in [6, 6.07) is 0. The van der Waals surface area contributed by atoms with Crippen molar-refractivity contribution < 1.29 is 0 Å². The summed E-state index contributed by atoms with van der Waals surface area (Å²) in [5.41, 5.74) is 9.70. The van der Waals surface area contributed by atoms with Gasteiger partial charge in [-0.05, 0) is 19.4 Å². The van der Waals surface area contributed by atoms with Crippen molar-refractivity contribution in [2.45, 2.75) is 13.8 Å². The molecule has 0 spiro atoms. The number of nitrogens with two attached hydrogens (primary N) is 1. The van der Waals surface area contributed by atoms with Crippen LogP contribution in [0.4, 0.5) is 5.82 Å². The molecule has 0 saturated heterocycles. The Morgan fingerprint density at radius 3 is 2.57 bits per heavy atom. The Labute approximate surface area is 81.9 Å². The van der Waals surface area contributed by atoms with E-state index in [2.05, 4.69) is 15.3 Å². The summed E-state index contributed by atoms with van der Waals surface area (Å²) in [6.07, 6.45) is 1.78. The smallest absolute Gasteiger partial charge is 0.124 e. The van der Waals surface area contributed by atoms with Crippen molar-refractivity contribution in [3.63, 3.8) is 0 Å². The van der Waals surface area contributed by atoms with Crippen LogP contribution in [-0.4, -0.2) is 20.0 Å². The van der Waals surface area contributed by atoms with E-state index in [0.717, 1.165) is 22.5 Å².